The number of benzene rings is 2. The van der Waals surface area contributed by atoms with Crippen molar-refractivity contribution in [3.05, 3.63) is 42.2 Å². The van der Waals surface area contributed by atoms with Crippen LogP contribution in [0.1, 0.15) is 5.56 Å². The molecule has 4 aromatic rings. The summed E-state index contributed by atoms with van der Waals surface area (Å²) >= 11 is 0. The average Bonchev–Trinajstić information content (AvgIpc) is 3.14. The molecule has 0 amide bonds. The average molecular weight is 369 g/mol. The number of hydrogen-bond acceptors (Lipinski definition) is 4. The minimum absolute atomic E-state index is 0.171. The number of fused-ring (bicyclic) bond motifs is 5. The van der Waals surface area contributed by atoms with Crippen molar-refractivity contribution in [1.29, 1.82) is 0 Å². The third-order valence-electron chi connectivity index (χ3n) is 4.03. The topological polar surface area (TPSA) is 72.3 Å². The van der Waals surface area contributed by atoms with Crippen molar-refractivity contribution in [3.63, 3.8) is 0 Å². The van der Waals surface area contributed by atoms with E-state index in [9.17, 15) is 21.6 Å². The minimum Gasteiger partial charge on any atom is -0.464 e. The zero-order valence-corrected chi connectivity index (χ0v) is 13.5. The summed E-state index contributed by atoms with van der Waals surface area (Å²) in [6.07, 6.45) is 1.38. The number of aryl methyl sites for hydroxylation is 1. The summed E-state index contributed by atoms with van der Waals surface area (Å²) in [6.45, 7) is 1.45. The summed E-state index contributed by atoms with van der Waals surface area (Å²) in [5.41, 5.74) is -4.02. The summed E-state index contributed by atoms with van der Waals surface area (Å²) in [5.74, 6) is -0.396. The molecule has 0 saturated heterocycles. The largest absolute Gasteiger partial charge is 0.534 e. The van der Waals surface area contributed by atoms with Crippen molar-refractivity contribution >= 4 is 42.9 Å². The van der Waals surface area contributed by atoms with E-state index in [1.165, 1.54) is 13.2 Å². The molecule has 4 rings (SSSR count). The Bertz CT molecular complexity index is 1240. The van der Waals surface area contributed by atoms with E-state index in [1.54, 1.807) is 30.3 Å². The maximum atomic E-state index is 12.8. The lowest BCUT2D eigenvalue weighted by Crippen LogP contribution is -2.28. The van der Waals surface area contributed by atoms with E-state index in [0.29, 0.717) is 21.8 Å². The van der Waals surface area contributed by atoms with Crippen molar-refractivity contribution in [2.45, 2.75) is 12.4 Å². The van der Waals surface area contributed by atoms with Crippen LogP contribution in [-0.2, 0) is 10.1 Å². The van der Waals surface area contributed by atoms with Crippen LogP contribution in [-0.4, -0.2) is 18.9 Å². The van der Waals surface area contributed by atoms with Gasteiger partial charge in [0.15, 0.2) is 5.75 Å². The van der Waals surface area contributed by atoms with E-state index in [0.717, 1.165) is 0 Å². The molecule has 2 aromatic carbocycles. The standard InChI is InChI=1S/C16H10F3NO4S/c1-8-14-10(6-7-23-14)13-12(9-4-2-3-5-11(9)20-13)15(8)24-25(21,22)16(17,18)19/h2-7,20H,1H3. The molecule has 25 heavy (non-hydrogen) atoms. The molecule has 0 spiro atoms. The van der Waals surface area contributed by atoms with Crippen LogP contribution in [0.15, 0.2) is 41.0 Å². The van der Waals surface area contributed by atoms with Gasteiger partial charge >= 0.3 is 15.6 Å². The van der Waals surface area contributed by atoms with Gasteiger partial charge in [-0.3, -0.25) is 0 Å². The van der Waals surface area contributed by atoms with Crippen molar-refractivity contribution in [3.8, 4) is 5.75 Å². The third-order valence-corrected chi connectivity index (χ3v) is 4.98. The molecule has 9 heteroatoms. The third kappa shape index (κ3) is 2.19. The number of halogens is 3. The maximum Gasteiger partial charge on any atom is 0.534 e. The summed E-state index contributed by atoms with van der Waals surface area (Å²) in [4.78, 5) is 3.08. The Morgan fingerprint density at radius 3 is 2.56 bits per heavy atom. The number of furan rings is 1. The van der Waals surface area contributed by atoms with Gasteiger partial charge in [-0.15, -0.1) is 0 Å². The molecule has 0 unspecified atom stereocenters. The monoisotopic (exact) mass is 369 g/mol. The highest BCUT2D eigenvalue weighted by molar-refractivity contribution is 7.88. The smallest absolute Gasteiger partial charge is 0.464 e. The summed E-state index contributed by atoms with van der Waals surface area (Å²) in [6, 6.07) is 8.52. The summed E-state index contributed by atoms with van der Waals surface area (Å²) in [7, 11) is -5.82. The predicted octanol–water partition coefficient (Wildman–Crippen LogP) is 4.60. The molecule has 0 atom stereocenters. The van der Waals surface area contributed by atoms with Gasteiger partial charge in [-0.2, -0.15) is 21.6 Å². The van der Waals surface area contributed by atoms with Gasteiger partial charge in [-0.1, -0.05) is 18.2 Å². The molecule has 0 fully saturated rings. The van der Waals surface area contributed by atoms with Gasteiger partial charge in [-0.05, 0) is 19.1 Å². The molecule has 0 aliphatic rings. The zero-order chi connectivity index (χ0) is 18.0. The lowest BCUT2D eigenvalue weighted by Gasteiger charge is -2.13. The Kier molecular flexibility index (Phi) is 3.11. The van der Waals surface area contributed by atoms with Gasteiger partial charge in [0.25, 0.3) is 0 Å². The van der Waals surface area contributed by atoms with Crippen LogP contribution >= 0.6 is 0 Å². The first kappa shape index (κ1) is 15.8. The Morgan fingerprint density at radius 2 is 1.84 bits per heavy atom. The highest BCUT2D eigenvalue weighted by Crippen LogP contribution is 2.43. The molecule has 1 N–H and O–H groups in total. The molecule has 0 saturated carbocycles. The van der Waals surface area contributed by atoms with Gasteiger partial charge in [0.05, 0.1) is 17.2 Å². The normalized spacial score (nSPS) is 13.1. The van der Waals surface area contributed by atoms with E-state index < -0.39 is 21.4 Å². The number of H-pyrrole nitrogens is 1. The number of alkyl halides is 3. The number of aromatic nitrogens is 1. The zero-order valence-electron chi connectivity index (χ0n) is 12.6. The van der Waals surface area contributed by atoms with Gasteiger partial charge in [0.2, 0.25) is 0 Å². The van der Waals surface area contributed by atoms with E-state index in [4.69, 9.17) is 4.42 Å². The highest BCUT2D eigenvalue weighted by Gasteiger charge is 2.49. The number of rotatable bonds is 2. The van der Waals surface area contributed by atoms with Crippen LogP contribution in [0.3, 0.4) is 0 Å². The molecular weight excluding hydrogens is 359 g/mol. The van der Waals surface area contributed by atoms with Crippen LogP contribution in [0.25, 0.3) is 32.8 Å². The quantitative estimate of drug-likeness (QED) is 0.414. The van der Waals surface area contributed by atoms with E-state index in [-0.39, 0.29) is 16.5 Å². The second-order valence-electron chi connectivity index (χ2n) is 5.52. The molecule has 130 valence electrons. The molecule has 0 bridgehead atoms. The van der Waals surface area contributed by atoms with Crippen LogP contribution in [0.2, 0.25) is 0 Å². The molecule has 2 aromatic heterocycles. The molecule has 5 nitrogen and oxygen atoms in total. The van der Waals surface area contributed by atoms with Gasteiger partial charge < -0.3 is 13.6 Å². The first-order valence-electron chi connectivity index (χ1n) is 7.11. The summed E-state index contributed by atoms with van der Waals surface area (Å²) in [5, 5.41) is 1.44. The second-order valence-corrected chi connectivity index (χ2v) is 7.06. The van der Waals surface area contributed by atoms with Crippen LogP contribution < -0.4 is 4.18 Å². The number of nitrogens with one attached hydrogen (secondary N) is 1. The second kappa shape index (κ2) is 4.92. The van der Waals surface area contributed by atoms with Crippen molar-refractivity contribution < 1.29 is 30.2 Å². The molecular formula is C16H10F3NO4S. The lowest BCUT2D eigenvalue weighted by molar-refractivity contribution is -0.0499. The Labute approximate surface area is 139 Å². The van der Waals surface area contributed by atoms with Gasteiger partial charge in [0.1, 0.15) is 5.58 Å². The van der Waals surface area contributed by atoms with Gasteiger partial charge in [0, 0.05) is 21.9 Å². The minimum atomic E-state index is -5.82. The fraction of sp³-hybridized carbons (Fsp3) is 0.125. The van der Waals surface area contributed by atoms with Crippen molar-refractivity contribution in [2.75, 3.05) is 0 Å². The molecule has 2 heterocycles. The predicted molar refractivity (Wildman–Crippen MR) is 85.9 cm³/mol. The molecule has 0 aliphatic heterocycles. The first-order chi connectivity index (χ1) is 11.7. The fourth-order valence-electron chi connectivity index (χ4n) is 2.93. The van der Waals surface area contributed by atoms with Crippen LogP contribution in [0.4, 0.5) is 13.2 Å². The fourth-order valence-corrected chi connectivity index (χ4v) is 3.45. The Morgan fingerprint density at radius 1 is 1.12 bits per heavy atom. The van der Waals surface area contributed by atoms with Crippen LogP contribution in [0, 0.1) is 6.92 Å². The molecule has 0 radical (unpaired) electrons. The maximum absolute atomic E-state index is 12.8. The van der Waals surface area contributed by atoms with E-state index in [2.05, 4.69) is 9.17 Å². The summed E-state index contributed by atoms with van der Waals surface area (Å²) < 4.78 is 71.4. The highest BCUT2D eigenvalue weighted by atomic mass is 32.2. The lowest BCUT2D eigenvalue weighted by atomic mass is 10.1. The Balaban J connectivity index is 2.16. The SMILES string of the molecule is Cc1c(OS(=O)(=O)C(F)(F)F)c2c3ccccc3[nH]c2c2ccoc12. The number of para-hydroxylation sites is 1. The Hall–Kier alpha value is -2.68. The first-order valence-corrected chi connectivity index (χ1v) is 8.52. The van der Waals surface area contributed by atoms with Crippen molar-refractivity contribution in [2.24, 2.45) is 0 Å². The van der Waals surface area contributed by atoms with Gasteiger partial charge in [-0.25, -0.2) is 0 Å². The van der Waals surface area contributed by atoms with E-state index in [1.807, 2.05) is 0 Å². The molecule has 0 aliphatic carbocycles. The van der Waals surface area contributed by atoms with Crippen LogP contribution in [0.5, 0.6) is 5.75 Å². The number of hydrogen-bond donors (Lipinski definition) is 1. The van der Waals surface area contributed by atoms with E-state index >= 15 is 0 Å². The van der Waals surface area contributed by atoms with Crippen molar-refractivity contribution in [1.82, 2.24) is 4.98 Å². The number of aromatic amines is 1.